The highest BCUT2D eigenvalue weighted by molar-refractivity contribution is 5.85. The summed E-state index contributed by atoms with van der Waals surface area (Å²) in [6, 6.07) is 0. The molecule has 0 atom stereocenters. The Labute approximate surface area is 184 Å². The van der Waals surface area contributed by atoms with Crippen molar-refractivity contribution in [2.75, 3.05) is 39.3 Å². The highest BCUT2D eigenvalue weighted by Crippen LogP contribution is 2.61. The Kier molecular flexibility index (Phi) is 4.87. The summed E-state index contributed by atoms with van der Waals surface area (Å²) < 4.78 is 0. The molecule has 1 aliphatic heterocycles. The van der Waals surface area contributed by atoms with Crippen LogP contribution in [0.3, 0.4) is 0 Å². The van der Waals surface area contributed by atoms with Crippen LogP contribution in [0.5, 0.6) is 0 Å². The number of hydrogen-bond donors (Lipinski definition) is 0. The van der Waals surface area contributed by atoms with E-state index in [9.17, 15) is 0 Å². The molecule has 8 saturated carbocycles. The van der Waals surface area contributed by atoms with Gasteiger partial charge in [0.15, 0.2) is 0 Å². The zero-order valence-electron chi connectivity index (χ0n) is 18.5. The molecule has 2 nitrogen and oxygen atoms in total. The Balaban J connectivity index is 0.00000165. The van der Waals surface area contributed by atoms with Crippen molar-refractivity contribution in [1.82, 2.24) is 9.80 Å². The first kappa shape index (κ1) is 19.9. The Morgan fingerprint density at radius 2 is 0.690 bits per heavy atom. The zero-order chi connectivity index (χ0) is 18.3. The zero-order valence-corrected chi connectivity index (χ0v) is 19.3. The van der Waals surface area contributed by atoms with E-state index in [4.69, 9.17) is 0 Å². The van der Waals surface area contributed by atoms with Crippen molar-refractivity contribution in [3.8, 4) is 0 Å². The fourth-order valence-electron chi connectivity index (χ4n) is 11.0. The lowest BCUT2D eigenvalue weighted by Crippen LogP contribution is -2.57. The largest absolute Gasteiger partial charge is 0.300 e. The van der Waals surface area contributed by atoms with E-state index in [2.05, 4.69) is 9.80 Å². The summed E-state index contributed by atoms with van der Waals surface area (Å²) in [5.74, 6) is 6.69. The summed E-state index contributed by atoms with van der Waals surface area (Å²) in [4.78, 5) is 5.81. The molecule has 0 radical (unpaired) electrons. The fourth-order valence-corrected chi connectivity index (χ4v) is 11.0. The van der Waals surface area contributed by atoms with Crippen LogP contribution in [0.1, 0.15) is 77.0 Å². The van der Waals surface area contributed by atoms with Gasteiger partial charge in [-0.25, -0.2) is 0 Å². The van der Waals surface area contributed by atoms with Crippen molar-refractivity contribution in [3.63, 3.8) is 0 Å². The first-order valence-electron chi connectivity index (χ1n) is 13.1. The lowest BCUT2D eigenvalue weighted by Gasteiger charge is -2.59. The highest BCUT2D eigenvalue weighted by atomic mass is 35.5. The Hall–Kier alpha value is 0.210. The van der Waals surface area contributed by atoms with E-state index in [0.717, 1.165) is 46.3 Å². The maximum atomic E-state index is 2.91. The minimum absolute atomic E-state index is 0. The van der Waals surface area contributed by atoms with Gasteiger partial charge in [-0.1, -0.05) is 0 Å². The van der Waals surface area contributed by atoms with Gasteiger partial charge in [-0.05, 0) is 123 Å². The first-order chi connectivity index (χ1) is 13.6. The van der Waals surface area contributed by atoms with E-state index < -0.39 is 0 Å². The second-order valence-corrected chi connectivity index (χ2v) is 13.4. The van der Waals surface area contributed by atoms with Gasteiger partial charge < -0.3 is 9.80 Å². The molecule has 9 rings (SSSR count). The predicted molar refractivity (Wildman–Crippen MR) is 121 cm³/mol. The van der Waals surface area contributed by atoms with Gasteiger partial charge in [0.2, 0.25) is 0 Å². The average molecular weight is 419 g/mol. The highest BCUT2D eigenvalue weighted by Gasteiger charge is 2.53. The summed E-state index contributed by atoms with van der Waals surface area (Å²) in [7, 11) is 0. The van der Waals surface area contributed by atoms with Crippen LogP contribution in [-0.2, 0) is 0 Å². The van der Waals surface area contributed by atoms with Gasteiger partial charge in [0.05, 0.1) is 0 Å². The van der Waals surface area contributed by atoms with E-state index >= 15 is 0 Å². The molecule has 0 N–H and O–H groups in total. The van der Waals surface area contributed by atoms with E-state index in [1.807, 2.05) is 0 Å². The van der Waals surface area contributed by atoms with Crippen LogP contribution in [0.15, 0.2) is 0 Å². The van der Waals surface area contributed by atoms with Crippen LogP contribution in [0, 0.1) is 46.3 Å². The monoisotopic (exact) mass is 418 g/mol. The van der Waals surface area contributed by atoms with Gasteiger partial charge in [0.25, 0.3) is 0 Å². The molecule has 0 spiro atoms. The minimum atomic E-state index is 0. The molecule has 29 heavy (non-hydrogen) atoms. The van der Waals surface area contributed by atoms with Gasteiger partial charge in [0, 0.05) is 39.3 Å². The molecule has 0 aromatic carbocycles. The number of rotatable bonds is 4. The summed E-state index contributed by atoms with van der Waals surface area (Å²) in [6.45, 7) is 8.40. The first-order valence-corrected chi connectivity index (χ1v) is 13.1. The van der Waals surface area contributed by atoms with Crippen molar-refractivity contribution in [1.29, 1.82) is 0 Å². The molecule has 8 aliphatic carbocycles. The molecule has 0 aromatic heterocycles. The van der Waals surface area contributed by atoms with E-state index in [1.165, 1.54) is 39.3 Å². The molecule has 164 valence electrons. The second-order valence-electron chi connectivity index (χ2n) is 13.4. The standard InChI is InChI=1S/C26H42N2.ClH/c1-2-28(18-26-14-22-8-23(15-26)10-24(9-22)16-26)4-3-27(1)17-25-11-19-5-20(12-25)7-21(6-19)13-25;/h19-24H,1-18H2;1H. The smallest absolute Gasteiger partial charge is 0.0110 e. The van der Waals surface area contributed by atoms with Crippen molar-refractivity contribution in [3.05, 3.63) is 0 Å². The maximum absolute atomic E-state index is 2.91. The summed E-state index contributed by atoms with van der Waals surface area (Å²) >= 11 is 0. The van der Waals surface area contributed by atoms with Crippen LogP contribution in [0.2, 0.25) is 0 Å². The molecule has 9 fully saturated rings. The summed E-state index contributed by atoms with van der Waals surface area (Å²) in [6.07, 6.45) is 19.1. The third-order valence-electron chi connectivity index (χ3n) is 10.9. The molecule has 8 bridgehead atoms. The molecule has 1 heterocycles. The molecule has 0 aromatic rings. The number of piperazine rings is 1. The van der Waals surface area contributed by atoms with Crippen LogP contribution < -0.4 is 0 Å². The molecule has 0 unspecified atom stereocenters. The Bertz CT molecular complexity index is 498. The van der Waals surface area contributed by atoms with E-state index in [1.54, 1.807) is 77.0 Å². The van der Waals surface area contributed by atoms with Crippen LogP contribution >= 0.6 is 12.4 Å². The number of halogens is 1. The molecule has 9 aliphatic rings. The third kappa shape index (κ3) is 3.52. The number of hydrogen-bond acceptors (Lipinski definition) is 2. The quantitative estimate of drug-likeness (QED) is 0.598. The molecular weight excluding hydrogens is 376 g/mol. The summed E-state index contributed by atoms with van der Waals surface area (Å²) in [5.41, 5.74) is 1.49. The fraction of sp³-hybridized carbons (Fsp3) is 1.00. The van der Waals surface area contributed by atoms with Crippen LogP contribution in [0.25, 0.3) is 0 Å². The van der Waals surface area contributed by atoms with Gasteiger partial charge in [-0.3, -0.25) is 0 Å². The van der Waals surface area contributed by atoms with Gasteiger partial charge in [-0.15, -0.1) is 12.4 Å². The predicted octanol–water partition coefficient (Wildman–Crippen LogP) is 5.46. The van der Waals surface area contributed by atoms with Gasteiger partial charge >= 0.3 is 0 Å². The number of nitrogens with zero attached hydrogens (tertiary/aromatic N) is 2. The Morgan fingerprint density at radius 1 is 0.448 bits per heavy atom. The third-order valence-corrected chi connectivity index (χ3v) is 10.9. The van der Waals surface area contributed by atoms with E-state index in [-0.39, 0.29) is 12.4 Å². The van der Waals surface area contributed by atoms with E-state index in [0.29, 0.717) is 0 Å². The van der Waals surface area contributed by atoms with Crippen molar-refractivity contribution >= 4 is 12.4 Å². The van der Waals surface area contributed by atoms with Crippen molar-refractivity contribution in [2.24, 2.45) is 46.3 Å². The molecule has 1 saturated heterocycles. The lowest BCUT2D eigenvalue weighted by molar-refractivity contribution is -0.0861. The normalized spacial score (nSPS) is 53.4. The van der Waals surface area contributed by atoms with Gasteiger partial charge in [0.1, 0.15) is 0 Å². The van der Waals surface area contributed by atoms with Crippen molar-refractivity contribution in [2.45, 2.75) is 77.0 Å². The minimum Gasteiger partial charge on any atom is -0.300 e. The topological polar surface area (TPSA) is 6.48 Å². The summed E-state index contributed by atoms with van der Waals surface area (Å²) in [5, 5.41) is 0. The second kappa shape index (κ2) is 7.11. The van der Waals surface area contributed by atoms with Crippen molar-refractivity contribution < 1.29 is 0 Å². The van der Waals surface area contributed by atoms with Crippen LogP contribution in [0.4, 0.5) is 0 Å². The Morgan fingerprint density at radius 3 is 0.931 bits per heavy atom. The molecule has 3 heteroatoms. The van der Waals surface area contributed by atoms with Crippen LogP contribution in [-0.4, -0.2) is 49.1 Å². The van der Waals surface area contributed by atoms with Gasteiger partial charge in [-0.2, -0.15) is 0 Å². The molecular formula is C26H43ClN2. The maximum Gasteiger partial charge on any atom is 0.0110 e. The SMILES string of the molecule is C1C2CC3CC1CC(CN1CCN(CC45CC6CC(CC(C6)C4)C5)CC1)(C2)C3.Cl. The molecule has 0 amide bonds. The average Bonchev–Trinajstić information content (AvgIpc) is 2.60. The lowest BCUT2D eigenvalue weighted by atomic mass is 9.49.